The summed E-state index contributed by atoms with van der Waals surface area (Å²) in [5, 5.41) is 2.20. The third-order valence-corrected chi connectivity index (χ3v) is 4.68. The first-order valence-corrected chi connectivity index (χ1v) is 10.6. The molecule has 0 atom stereocenters. The number of hydrogen-bond acceptors (Lipinski definition) is 1. The molecule has 0 aromatic heterocycles. The second-order valence-corrected chi connectivity index (χ2v) is 7.20. The Morgan fingerprint density at radius 3 is 1.22 bits per heavy atom. The zero-order valence-electron chi connectivity index (χ0n) is 15.5. The van der Waals surface area contributed by atoms with Gasteiger partial charge in [0.25, 0.3) is 0 Å². The van der Waals surface area contributed by atoms with Crippen LogP contribution < -0.4 is 5.32 Å². The Bertz CT molecular complexity index is 246. The van der Waals surface area contributed by atoms with E-state index in [1.807, 2.05) is 0 Å². The molecule has 0 aromatic carbocycles. The molecule has 0 saturated heterocycles. The summed E-state index contributed by atoms with van der Waals surface area (Å²) in [6.07, 6.45) is 23.4. The highest BCUT2D eigenvalue weighted by Crippen LogP contribution is 2.13. The predicted octanol–water partition coefficient (Wildman–Crippen LogP) is 7.59. The van der Waals surface area contributed by atoms with Crippen LogP contribution in [0.5, 0.6) is 0 Å². The SMILES string of the molecule is CCCCCCCCCCCCCCCCCCCNC(=O)Cl. The number of carbonyl (C=O) groups excluding carboxylic acids is 1. The number of amides is 1. The van der Waals surface area contributed by atoms with Crippen molar-refractivity contribution in [2.45, 2.75) is 116 Å². The highest BCUT2D eigenvalue weighted by Gasteiger charge is 1.95. The van der Waals surface area contributed by atoms with Crippen LogP contribution in [0, 0.1) is 0 Å². The van der Waals surface area contributed by atoms with Gasteiger partial charge in [0.05, 0.1) is 0 Å². The number of rotatable bonds is 18. The molecule has 0 aliphatic heterocycles. The zero-order valence-corrected chi connectivity index (χ0v) is 16.3. The largest absolute Gasteiger partial charge is 0.343 e. The Morgan fingerprint density at radius 1 is 0.609 bits per heavy atom. The molecule has 0 aliphatic carbocycles. The first kappa shape index (κ1) is 22.8. The molecule has 1 amide bonds. The van der Waals surface area contributed by atoms with Crippen molar-refractivity contribution in [2.75, 3.05) is 6.54 Å². The van der Waals surface area contributed by atoms with Gasteiger partial charge in [-0.2, -0.15) is 0 Å². The van der Waals surface area contributed by atoms with E-state index in [-0.39, 0.29) is 0 Å². The van der Waals surface area contributed by atoms with Gasteiger partial charge >= 0.3 is 5.37 Å². The fourth-order valence-electron chi connectivity index (χ4n) is 3.04. The van der Waals surface area contributed by atoms with Crippen LogP contribution in [0.2, 0.25) is 0 Å². The van der Waals surface area contributed by atoms with E-state index in [9.17, 15) is 4.79 Å². The molecule has 23 heavy (non-hydrogen) atoms. The van der Waals surface area contributed by atoms with Crippen molar-refractivity contribution < 1.29 is 4.79 Å². The van der Waals surface area contributed by atoms with Gasteiger partial charge < -0.3 is 5.32 Å². The fourth-order valence-corrected chi connectivity index (χ4v) is 3.13. The van der Waals surface area contributed by atoms with Crippen molar-refractivity contribution in [1.29, 1.82) is 0 Å². The van der Waals surface area contributed by atoms with Gasteiger partial charge in [0.15, 0.2) is 0 Å². The minimum absolute atomic E-state index is 0.429. The molecule has 0 unspecified atom stereocenters. The van der Waals surface area contributed by atoms with E-state index in [0.29, 0.717) is 0 Å². The van der Waals surface area contributed by atoms with E-state index >= 15 is 0 Å². The molecule has 1 N–H and O–H groups in total. The monoisotopic (exact) mass is 345 g/mol. The Kier molecular flexibility index (Phi) is 19.6. The summed E-state index contributed by atoms with van der Waals surface area (Å²) in [5.74, 6) is 0. The van der Waals surface area contributed by atoms with Crippen LogP contribution >= 0.6 is 11.6 Å². The summed E-state index contributed by atoms with van der Waals surface area (Å²) in [6, 6.07) is 0. The average molecular weight is 346 g/mol. The standard InChI is InChI=1S/C20H40ClNO/c1-2-3-4-5-6-7-8-9-10-11-12-13-14-15-16-17-18-19-22-20(21)23/h2-19H2,1H3,(H,22,23). The summed E-state index contributed by atoms with van der Waals surface area (Å²) in [4.78, 5) is 10.5. The molecule has 0 radical (unpaired) electrons. The maximum Gasteiger partial charge on any atom is 0.313 e. The topological polar surface area (TPSA) is 29.1 Å². The first-order valence-electron chi connectivity index (χ1n) is 10.2. The number of halogens is 1. The van der Waals surface area contributed by atoms with E-state index in [1.165, 1.54) is 103 Å². The summed E-state index contributed by atoms with van der Waals surface area (Å²) in [7, 11) is 0. The molecule has 0 saturated carbocycles. The van der Waals surface area contributed by atoms with Gasteiger partial charge in [-0.15, -0.1) is 0 Å². The molecule has 0 rings (SSSR count). The Balaban J connectivity index is 2.96. The second kappa shape index (κ2) is 19.8. The van der Waals surface area contributed by atoms with Crippen LogP contribution in [0.4, 0.5) is 4.79 Å². The number of nitrogens with one attached hydrogen (secondary N) is 1. The lowest BCUT2D eigenvalue weighted by atomic mass is 10.0. The van der Waals surface area contributed by atoms with Gasteiger partial charge in [-0.05, 0) is 18.0 Å². The third kappa shape index (κ3) is 21.8. The fraction of sp³-hybridized carbons (Fsp3) is 0.950. The number of carbonyl (C=O) groups is 1. The van der Waals surface area contributed by atoms with E-state index in [0.717, 1.165) is 13.0 Å². The second-order valence-electron chi connectivity index (χ2n) is 6.86. The van der Waals surface area contributed by atoms with Crippen LogP contribution in [0.3, 0.4) is 0 Å². The smallest absolute Gasteiger partial charge is 0.313 e. The van der Waals surface area contributed by atoms with Crippen molar-refractivity contribution in [3.05, 3.63) is 0 Å². The molecule has 0 bridgehead atoms. The van der Waals surface area contributed by atoms with Crippen molar-refractivity contribution >= 4 is 17.0 Å². The van der Waals surface area contributed by atoms with Gasteiger partial charge in [-0.1, -0.05) is 110 Å². The van der Waals surface area contributed by atoms with Crippen molar-refractivity contribution in [2.24, 2.45) is 0 Å². The van der Waals surface area contributed by atoms with Gasteiger partial charge in [-0.25, -0.2) is 0 Å². The minimum Gasteiger partial charge on any atom is -0.343 e. The molecule has 2 nitrogen and oxygen atoms in total. The quantitative estimate of drug-likeness (QED) is 0.155. The first-order chi connectivity index (χ1) is 11.3. The molecule has 0 aliphatic rings. The molecule has 0 fully saturated rings. The Hall–Kier alpha value is -0.240. The normalized spacial score (nSPS) is 10.9. The highest BCUT2D eigenvalue weighted by atomic mass is 35.5. The predicted molar refractivity (Wildman–Crippen MR) is 103 cm³/mol. The molecule has 0 heterocycles. The summed E-state index contributed by atoms with van der Waals surface area (Å²) < 4.78 is 0. The summed E-state index contributed by atoms with van der Waals surface area (Å²) in [5.41, 5.74) is 0. The highest BCUT2D eigenvalue weighted by molar-refractivity contribution is 6.62. The number of unbranched alkanes of at least 4 members (excludes halogenated alkanes) is 16. The molecule has 138 valence electrons. The Morgan fingerprint density at radius 2 is 0.913 bits per heavy atom. The van der Waals surface area contributed by atoms with Gasteiger partial charge in [0.1, 0.15) is 0 Å². The number of hydrogen-bond donors (Lipinski definition) is 1. The molecule has 3 heteroatoms. The van der Waals surface area contributed by atoms with Gasteiger partial charge in [0, 0.05) is 6.54 Å². The summed E-state index contributed by atoms with van der Waals surface area (Å²) in [6.45, 7) is 3.00. The van der Waals surface area contributed by atoms with Crippen LogP contribution in [0.25, 0.3) is 0 Å². The summed E-state index contributed by atoms with van der Waals surface area (Å²) >= 11 is 5.20. The maximum atomic E-state index is 10.5. The lowest BCUT2D eigenvalue weighted by Gasteiger charge is -2.04. The third-order valence-electron chi connectivity index (χ3n) is 4.54. The van der Waals surface area contributed by atoms with E-state index in [4.69, 9.17) is 11.6 Å². The zero-order chi connectivity index (χ0) is 17.0. The van der Waals surface area contributed by atoms with Crippen molar-refractivity contribution in [3.63, 3.8) is 0 Å². The van der Waals surface area contributed by atoms with Crippen molar-refractivity contribution in [1.82, 2.24) is 5.32 Å². The minimum atomic E-state index is -0.429. The van der Waals surface area contributed by atoms with E-state index in [2.05, 4.69) is 12.2 Å². The van der Waals surface area contributed by atoms with Gasteiger partial charge in [-0.3, -0.25) is 4.79 Å². The van der Waals surface area contributed by atoms with Crippen LogP contribution in [-0.2, 0) is 0 Å². The van der Waals surface area contributed by atoms with E-state index in [1.54, 1.807) is 0 Å². The molecule has 0 aromatic rings. The van der Waals surface area contributed by atoms with Crippen LogP contribution in [0.15, 0.2) is 0 Å². The average Bonchev–Trinajstić information content (AvgIpc) is 2.53. The van der Waals surface area contributed by atoms with Crippen molar-refractivity contribution in [3.8, 4) is 0 Å². The van der Waals surface area contributed by atoms with Gasteiger partial charge in [0.2, 0.25) is 0 Å². The van der Waals surface area contributed by atoms with Crippen LogP contribution in [-0.4, -0.2) is 11.9 Å². The molecule has 0 spiro atoms. The Labute approximate surface area is 150 Å². The molecular weight excluding hydrogens is 306 g/mol. The lowest BCUT2D eigenvalue weighted by Crippen LogP contribution is -2.17. The maximum absolute atomic E-state index is 10.5. The lowest BCUT2D eigenvalue weighted by molar-refractivity contribution is 0.259. The van der Waals surface area contributed by atoms with Crippen LogP contribution in [0.1, 0.15) is 116 Å². The van der Waals surface area contributed by atoms with E-state index < -0.39 is 5.37 Å². The molecular formula is C20H40ClNO.